The van der Waals surface area contributed by atoms with Gasteiger partial charge in [0.05, 0.1) is 6.61 Å². The van der Waals surface area contributed by atoms with Crippen molar-refractivity contribution in [3.63, 3.8) is 0 Å². The Bertz CT molecular complexity index is 641. The van der Waals surface area contributed by atoms with Gasteiger partial charge in [-0.15, -0.1) is 0 Å². The molecule has 0 fully saturated rings. The molecule has 0 aliphatic heterocycles. The molecule has 0 atom stereocenters. The first-order chi connectivity index (χ1) is 11.2. The number of carbonyl (C=O) groups excluding carboxylic acids is 1. The fraction of sp³-hybridized carbons (Fsp3) is 0.316. The van der Waals surface area contributed by atoms with Gasteiger partial charge in [-0.2, -0.15) is 0 Å². The molecule has 2 rings (SSSR count). The van der Waals surface area contributed by atoms with Crippen LogP contribution in [0.2, 0.25) is 0 Å². The second kappa shape index (κ2) is 8.83. The number of ether oxygens (including phenoxy) is 1. The lowest BCUT2D eigenvalue weighted by molar-refractivity contribution is -0.116. The van der Waals surface area contributed by atoms with Gasteiger partial charge in [-0.1, -0.05) is 37.6 Å². The van der Waals surface area contributed by atoms with Gasteiger partial charge < -0.3 is 15.8 Å². The molecule has 0 unspecified atom stereocenters. The lowest BCUT2D eigenvalue weighted by Crippen LogP contribution is -2.12. The van der Waals surface area contributed by atoms with Crippen LogP contribution >= 0.6 is 0 Å². The molecule has 1 amide bonds. The third-order valence-electron chi connectivity index (χ3n) is 3.56. The standard InChI is InChI=1S/C19H24N2O2/c1-2-3-13-23-17-9-6-8-16(14-17)21-19(22)12-11-15-7-4-5-10-18(15)20/h4-10,14H,2-3,11-13,20H2,1H3,(H,21,22). The van der Waals surface area contributed by atoms with Crippen molar-refractivity contribution in [3.8, 4) is 5.75 Å². The molecule has 0 spiro atoms. The Morgan fingerprint density at radius 3 is 2.78 bits per heavy atom. The second-order valence-electron chi connectivity index (χ2n) is 5.48. The number of nitrogen functional groups attached to an aromatic ring is 1. The van der Waals surface area contributed by atoms with Crippen molar-refractivity contribution in [2.45, 2.75) is 32.6 Å². The first-order valence-electron chi connectivity index (χ1n) is 8.05. The lowest BCUT2D eigenvalue weighted by atomic mass is 10.1. The summed E-state index contributed by atoms with van der Waals surface area (Å²) in [5.74, 6) is 0.752. The summed E-state index contributed by atoms with van der Waals surface area (Å²) in [4.78, 5) is 12.1. The number of unbranched alkanes of at least 4 members (excludes halogenated alkanes) is 1. The fourth-order valence-electron chi connectivity index (χ4n) is 2.23. The minimum absolute atomic E-state index is 0.0287. The van der Waals surface area contributed by atoms with Gasteiger partial charge in [0.1, 0.15) is 5.75 Å². The van der Waals surface area contributed by atoms with Crippen LogP contribution in [-0.4, -0.2) is 12.5 Å². The van der Waals surface area contributed by atoms with Gasteiger partial charge >= 0.3 is 0 Å². The van der Waals surface area contributed by atoms with E-state index < -0.39 is 0 Å². The summed E-state index contributed by atoms with van der Waals surface area (Å²) in [5, 5.41) is 2.90. The molecule has 0 aliphatic carbocycles. The molecule has 2 aromatic rings. The van der Waals surface area contributed by atoms with Crippen LogP contribution in [0.1, 0.15) is 31.7 Å². The van der Waals surface area contributed by atoms with Crippen LogP contribution in [0.4, 0.5) is 11.4 Å². The van der Waals surface area contributed by atoms with Gasteiger partial charge in [0, 0.05) is 23.9 Å². The highest BCUT2D eigenvalue weighted by atomic mass is 16.5. The number of benzene rings is 2. The maximum atomic E-state index is 12.1. The monoisotopic (exact) mass is 312 g/mol. The van der Waals surface area contributed by atoms with Crippen LogP contribution < -0.4 is 15.8 Å². The Morgan fingerprint density at radius 1 is 1.17 bits per heavy atom. The van der Waals surface area contributed by atoms with Crippen LogP contribution in [0.15, 0.2) is 48.5 Å². The highest BCUT2D eigenvalue weighted by Crippen LogP contribution is 2.18. The Labute approximate surface area is 137 Å². The van der Waals surface area contributed by atoms with E-state index in [1.165, 1.54) is 0 Å². The molecule has 4 nitrogen and oxygen atoms in total. The first kappa shape index (κ1) is 16.9. The number of anilines is 2. The first-order valence-corrected chi connectivity index (χ1v) is 8.05. The zero-order valence-electron chi connectivity index (χ0n) is 13.5. The average Bonchev–Trinajstić information content (AvgIpc) is 2.55. The van der Waals surface area contributed by atoms with Crippen molar-refractivity contribution in [2.75, 3.05) is 17.7 Å². The Morgan fingerprint density at radius 2 is 2.00 bits per heavy atom. The molecule has 0 aliphatic rings. The van der Waals surface area contributed by atoms with E-state index in [-0.39, 0.29) is 5.91 Å². The van der Waals surface area contributed by atoms with Crippen LogP contribution in [0.5, 0.6) is 5.75 Å². The number of para-hydroxylation sites is 1. The molecule has 3 N–H and O–H groups in total. The molecular formula is C19H24N2O2. The van der Waals surface area contributed by atoms with Gasteiger partial charge in [0.25, 0.3) is 0 Å². The predicted molar refractivity (Wildman–Crippen MR) is 94.7 cm³/mol. The molecule has 0 bridgehead atoms. The van der Waals surface area contributed by atoms with Crippen molar-refractivity contribution in [2.24, 2.45) is 0 Å². The number of rotatable bonds is 8. The molecule has 122 valence electrons. The summed E-state index contributed by atoms with van der Waals surface area (Å²) in [6, 6.07) is 15.1. The van der Waals surface area contributed by atoms with Gasteiger partial charge in [0.2, 0.25) is 5.91 Å². The van der Waals surface area contributed by atoms with Crippen molar-refractivity contribution < 1.29 is 9.53 Å². The van der Waals surface area contributed by atoms with Crippen LogP contribution in [-0.2, 0) is 11.2 Å². The maximum absolute atomic E-state index is 12.1. The summed E-state index contributed by atoms with van der Waals surface area (Å²) in [7, 11) is 0. The summed E-state index contributed by atoms with van der Waals surface area (Å²) >= 11 is 0. The smallest absolute Gasteiger partial charge is 0.224 e. The zero-order chi connectivity index (χ0) is 16.5. The third-order valence-corrected chi connectivity index (χ3v) is 3.56. The number of carbonyl (C=O) groups is 1. The molecule has 0 aromatic heterocycles. The van der Waals surface area contributed by atoms with Gasteiger partial charge in [-0.3, -0.25) is 4.79 Å². The van der Waals surface area contributed by atoms with Gasteiger partial charge in [-0.25, -0.2) is 0 Å². The molecule has 0 saturated heterocycles. The second-order valence-corrected chi connectivity index (χ2v) is 5.48. The van der Waals surface area contributed by atoms with Crippen molar-refractivity contribution >= 4 is 17.3 Å². The fourth-order valence-corrected chi connectivity index (χ4v) is 2.23. The minimum Gasteiger partial charge on any atom is -0.494 e. The third kappa shape index (κ3) is 5.66. The van der Waals surface area contributed by atoms with E-state index >= 15 is 0 Å². The van der Waals surface area contributed by atoms with Gasteiger partial charge in [0.15, 0.2) is 0 Å². The van der Waals surface area contributed by atoms with E-state index in [4.69, 9.17) is 10.5 Å². The SMILES string of the molecule is CCCCOc1cccc(NC(=O)CCc2ccccc2N)c1. The number of hydrogen-bond donors (Lipinski definition) is 2. The molecule has 4 heteroatoms. The Hall–Kier alpha value is -2.49. The molecular weight excluding hydrogens is 288 g/mol. The number of nitrogens with one attached hydrogen (secondary N) is 1. The summed E-state index contributed by atoms with van der Waals surface area (Å²) in [5.41, 5.74) is 8.37. The highest BCUT2D eigenvalue weighted by Gasteiger charge is 2.06. The summed E-state index contributed by atoms with van der Waals surface area (Å²) < 4.78 is 5.65. The summed E-state index contributed by atoms with van der Waals surface area (Å²) in [6.45, 7) is 2.82. The van der Waals surface area contributed by atoms with Crippen molar-refractivity contribution in [1.29, 1.82) is 0 Å². The summed E-state index contributed by atoms with van der Waals surface area (Å²) in [6.07, 6.45) is 3.15. The number of aryl methyl sites for hydroxylation is 1. The lowest BCUT2D eigenvalue weighted by Gasteiger charge is -2.09. The normalized spacial score (nSPS) is 10.3. The van der Waals surface area contributed by atoms with E-state index in [0.29, 0.717) is 19.4 Å². The van der Waals surface area contributed by atoms with E-state index in [9.17, 15) is 4.79 Å². The molecule has 0 radical (unpaired) electrons. The van der Waals surface area contributed by atoms with E-state index in [0.717, 1.165) is 35.5 Å². The molecule has 2 aromatic carbocycles. The Kier molecular flexibility index (Phi) is 6.48. The van der Waals surface area contributed by atoms with Crippen LogP contribution in [0.25, 0.3) is 0 Å². The molecule has 0 heterocycles. The molecule has 0 saturated carbocycles. The molecule has 23 heavy (non-hydrogen) atoms. The van der Waals surface area contributed by atoms with E-state index in [2.05, 4.69) is 12.2 Å². The largest absolute Gasteiger partial charge is 0.494 e. The maximum Gasteiger partial charge on any atom is 0.224 e. The number of hydrogen-bond acceptors (Lipinski definition) is 3. The van der Waals surface area contributed by atoms with Crippen molar-refractivity contribution in [1.82, 2.24) is 0 Å². The van der Waals surface area contributed by atoms with Crippen molar-refractivity contribution in [3.05, 3.63) is 54.1 Å². The average molecular weight is 312 g/mol. The van der Waals surface area contributed by atoms with Gasteiger partial charge in [-0.05, 0) is 36.6 Å². The van der Waals surface area contributed by atoms with E-state index in [1.807, 2.05) is 48.5 Å². The van der Waals surface area contributed by atoms with E-state index in [1.54, 1.807) is 0 Å². The zero-order valence-corrected chi connectivity index (χ0v) is 13.5. The van der Waals surface area contributed by atoms with Crippen LogP contribution in [0, 0.1) is 0 Å². The quantitative estimate of drug-likeness (QED) is 0.571. The number of amides is 1. The Balaban J connectivity index is 1.85. The predicted octanol–water partition coefficient (Wildman–Crippen LogP) is 4.02. The number of nitrogens with two attached hydrogens (primary N) is 1. The highest BCUT2D eigenvalue weighted by molar-refractivity contribution is 5.91. The minimum atomic E-state index is -0.0287. The topological polar surface area (TPSA) is 64.3 Å². The van der Waals surface area contributed by atoms with Crippen LogP contribution in [0.3, 0.4) is 0 Å².